The third-order valence-electron chi connectivity index (χ3n) is 4.57. The summed E-state index contributed by atoms with van der Waals surface area (Å²) in [5.74, 6) is -0.945. The Morgan fingerprint density at radius 1 is 1.15 bits per heavy atom. The number of amides is 4. The predicted octanol–water partition coefficient (Wildman–Crippen LogP) is 2.35. The molecule has 0 saturated carbocycles. The number of anilines is 1. The maximum atomic E-state index is 13.0. The number of hydrogen-bond acceptors (Lipinski definition) is 4. The smallest absolute Gasteiger partial charge is 0.325 e. The minimum atomic E-state index is -1.16. The Morgan fingerprint density at radius 3 is 2.41 bits per heavy atom. The van der Waals surface area contributed by atoms with Gasteiger partial charge in [0.25, 0.3) is 5.91 Å². The van der Waals surface area contributed by atoms with Gasteiger partial charge < -0.3 is 10.6 Å². The van der Waals surface area contributed by atoms with Gasteiger partial charge in [-0.1, -0.05) is 37.3 Å². The number of nitrogens with zero attached hydrogens (tertiary/aromatic N) is 2. The van der Waals surface area contributed by atoms with E-state index in [1.54, 1.807) is 48.5 Å². The van der Waals surface area contributed by atoms with Crippen molar-refractivity contribution in [2.24, 2.45) is 0 Å². The largest absolute Gasteiger partial charge is 0.325 e. The molecule has 1 fully saturated rings. The van der Waals surface area contributed by atoms with Crippen LogP contribution >= 0.6 is 0 Å². The molecule has 27 heavy (non-hydrogen) atoms. The molecule has 136 valence electrons. The van der Waals surface area contributed by atoms with Crippen molar-refractivity contribution in [3.63, 3.8) is 0 Å². The van der Waals surface area contributed by atoms with Crippen LogP contribution in [0.2, 0.25) is 0 Å². The van der Waals surface area contributed by atoms with Crippen LogP contribution in [0.1, 0.15) is 24.5 Å². The van der Waals surface area contributed by atoms with Gasteiger partial charge in [-0.05, 0) is 36.2 Å². The summed E-state index contributed by atoms with van der Waals surface area (Å²) < 4.78 is 0. The highest BCUT2D eigenvalue weighted by Gasteiger charge is 2.51. The second-order valence-corrected chi connectivity index (χ2v) is 6.18. The van der Waals surface area contributed by atoms with Gasteiger partial charge in [0.05, 0.1) is 11.6 Å². The monoisotopic (exact) mass is 362 g/mol. The number of carbonyl (C=O) groups excluding carboxylic acids is 3. The van der Waals surface area contributed by atoms with Crippen LogP contribution in [-0.4, -0.2) is 29.3 Å². The minimum Gasteiger partial charge on any atom is -0.325 e. The van der Waals surface area contributed by atoms with Gasteiger partial charge in [-0.25, -0.2) is 4.79 Å². The lowest BCUT2D eigenvalue weighted by Crippen LogP contribution is -2.44. The van der Waals surface area contributed by atoms with Gasteiger partial charge in [-0.15, -0.1) is 0 Å². The van der Waals surface area contributed by atoms with Crippen molar-refractivity contribution in [3.05, 3.63) is 65.7 Å². The average Bonchev–Trinajstić information content (AvgIpc) is 2.94. The number of rotatable bonds is 5. The van der Waals surface area contributed by atoms with E-state index in [1.165, 1.54) is 0 Å². The molecule has 2 aromatic carbocycles. The summed E-state index contributed by atoms with van der Waals surface area (Å²) in [6.07, 6.45) is 0.370. The summed E-state index contributed by atoms with van der Waals surface area (Å²) in [6.45, 7) is 1.42. The Kier molecular flexibility index (Phi) is 4.90. The Balaban J connectivity index is 1.75. The Labute approximate surface area is 156 Å². The first-order chi connectivity index (χ1) is 13.0. The lowest BCUT2D eigenvalue weighted by atomic mass is 9.87. The van der Waals surface area contributed by atoms with Gasteiger partial charge in [-0.3, -0.25) is 14.5 Å². The maximum absolute atomic E-state index is 13.0. The first-order valence-electron chi connectivity index (χ1n) is 8.50. The molecule has 4 amide bonds. The summed E-state index contributed by atoms with van der Waals surface area (Å²) in [7, 11) is 0. The fourth-order valence-corrected chi connectivity index (χ4v) is 3.10. The van der Waals surface area contributed by atoms with E-state index in [4.69, 9.17) is 5.26 Å². The lowest BCUT2D eigenvalue weighted by Gasteiger charge is -2.25. The maximum Gasteiger partial charge on any atom is 0.325 e. The molecule has 0 spiro atoms. The van der Waals surface area contributed by atoms with E-state index in [1.807, 2.05) is 19.1 Å². The number of benzene rings is 2. The molecule has 0 aromatic heterocycles. The molecule has 0 radical (unpaired) electrons. The first-order valence-corrected chi connectivity index (χ1v) is 8.50. The number of imide groups is 1. The Morgan fingerprint density at radius 2 is 1.81 bits per heavy atom. The van der Waals surface area contributed by atoms with Crippen LogP contribution in [-0.2, 0) is 15.1 Å². The van der Waals surface area contributed by atoms with E-state index in [-0.39, 0.29) is 6.54 Å². The van der Waals surface area contributed by atoms with E-state index in [2.05, 4.69) is 10.6 Å². The normalized spacial score (nSPS) is 18.7. The molecule has 7 nitrogen and oxygen atoms in total. The van der Waals surface area contributed by atoms with Crippen LogP contribution in [0, 0.1) is 11.3 Å². The zero-order chi connectivity index (χ0) is 19.4. The molecule has 1 aliphatic heterocycles. The molecule has 2 aromatic rings. The lowest BCUT2D eigenvalue weighted by molar-refractivity contribution is -0.134. The molecule has 0 unspecified atom stereocenters. The number of nitrogens with one attached hydrogen (secondary N) is 2. The van der Waals surface area contributed by atoms with Gasteiger partial charge in [0.15, 0.2) is 0 Å². The molecule has 3 rings (SSSR count). The number of nitriles is 1. The second kappa shape index (κ2) is 7.30. The molecule has 1 aliphatic rings. The molecule has 1 atom stereocenters. The van der Waals surface area contributed by atoms with Crippen molar-refractivity contribution in [3.8, 4) is 6.07 Å². The highest BCUT2D eigenvalue weighted by Crippen LogP contribution is 2.32. The standard InChI is InChI=1S/C20H18N4O3/c1-2-20(15-6-4-3-5-7-15)18(26)24(19(27)23-20)13-17(25)22-16-10-8-14(12-21)9-11-16/h3-11H,2,13H2,1H3,(H,22,25)(H,23,27)/t20-/m0/s1. The van der Waals surface area contributed by atoms with E-state index in [9.17, 15) is 14.4 Å². The van der Waals surface area contributed by atoms with Gasteiger partial charge in [0.1, 0.15) is 12.1 Å². The summed E-state index contributed by atoms with van der Waals surface area (Å²) in [6, 6.07) is 16.7. The third-order valence-corrected chi connectivity index (χ3v) is 4.57. The summed E-state index contributed by atoms with van der Waals surface area (Å²) in [4.78, 5) is 38.6. The van der Waals surface area contributed by atoms with Crippen molar-refractivity contribution in [1.82, 2.24) is 10.2 Å². The van der Waals surface area contributed by atoms with Crippen molar-refractivity contribution >= 4 is 23.5 Å². The van der Waals surface area contributed by atoms with Crippen LogP contribution in [0.3, 0.4) is 0 Å². The molecular weight excluding hydrogens is 344 g/mol. The second-order valence-electron chi connectivity index (χ2n) is 6.18. The number of carbonyl (C=O) groups is 3. The molecule has 2 N–H and O–H groups in total. The zero-order valence-corrected chi connectivity index (χ0v) is 14.7. The summed E-state index contributed by atoms with van der Waals surface area (Å²) in [5, 5.41) is 14.2. The van der Waals surface area contributed by atoms with Gasteiger partial charge in [0, 0.05) is 5.69 Å². The molecular formula is C20H18N4O3. The van der Waals surface area contributed by atoms with E-state index >= 15 is 0 Å². The van der Waals surface area contributed by atoms with Crippen LogP contribution in [0.4, 0.5) is 10.5 Å². The fraction of sp³-hybridized carbons (Fsp3) is 0.200. The molecule has 0 bridgehead atoms. The highest BCUT2D eigenvalue weighted by molar-refractivity contribution is 6.10. The molecule has 7 heteroatoms. The molecule has 1 heterocycles. The third kappa shape index (κ3) is 3.37. The fourth-order valence-electron chi connectivity index (χ4n) is 3.10. The average molecular weight is 362 g/mol. The number of hydrogen-bond donors (Lipinski definition) is 2. The summed E-state index contributed by atoms with van der Waals surface area (Å²) >= 11 is 0. The van der Waals surface area contributed by atoms with Crippen molar-refractivity contribution in [2.75, 3.05) is 11.9 Å². The van der Waals surface area contributed by atoms with Crippen molar-refractivity contribution in [2.45, 2.75) is 18.9 Å². The van der Waals surface area contributed by atoms with Crippen molar-refractivity contribution < 1.29 is 14.4 Å². The van der Waals surface area contributed by atoms with Gasteiger partial charge in [0.2, 0.25) is 5.91 Å². The Hall–Kier alpha value is -3.66. The predicted molar refractivity (Wildman–Crippen MR) is 98.4 cm³/mol. The SMILES string of the molecule is CC[C@@]1(c2ccccc2)NC(=O)N(CC(=O)Nc2ccc(C#N)cc2)C1=O. The quantitative estimate of drug-likeness (QED) is 0.797. The molecule has 0 aliphatic carbocycles. The van der Waals surface area contributed by atoms with Crippen molar-refractivity contribution in [1.29, 1.82) is 5.26 Å². The van der Waals surface area contributed by atoms with E-state index < -0.39 is 23.4 Å². The van der Waals surface area contributed by atoms with Gasteiger partial charge in [-0.2, -0.15) is 5.26 Å². The zero-order valence-electron chi connectivity index (χ0n) is 14.7. The minimum absolute atomic E-state index is 0.370. The highest BCUT2D eigenvalue weighted by atomic mass is 16.2. The van der Waals surface area contributed by atoms with Crippen LogP contribution in [0.5, 0.6) is 0 Å². The molecule has 1 saturated heterocycles. The van der Waals surface area contributed by atoms with E-state index in [0.29, 0.717) is 23.2 Å². The van der Waals surface area contributed by atoms with Gasteiger partial charge >= 0.3 is 6.03 Å². The summed E-state index contributed by atoms with van der Waals surface area (Å²) in [5.41, 5.74) is 0.474. The topological polar surface area (TPSA) is 102 Å². The first kappa shape index (κ1) is 18.1. The van der Waals surface area contributed by atoms with Crippen LogP contribution in [0.25, 0.3) is 0 Å². The van der Waals surface area contributed by atoms with Crippen LogP contribution in [0.15, 0.2) is 54.6 Å². The Bertz CT molecular complexity index is 918. The van der Waals surface area contributed by atoms with Crippen LogP contribution < -0.4 is 10.6 Å². The van der Waals surface area contributed by atoms with E-state index in [0.717, 1.165) is 4.90 Å². The number of urea groups is 1.